The maximum absolute atomic E-state index is 6.27. The van der Waals surface area contributed by atoms with Gasteiger partial charge in [-0.15, -0.1) is 0 Å². The Hall–Kier alpha value is -0.530. The molecule has 0 saturated heterocycles. The predicted octanol–water partition coefficient (Wildman–Crippen LogP) is 4.75. The van der Waals surface area contributed by atoms with Crippen LogP contribution in [0.5, 0.6) is 0 Å². The lowest BCUT2D eigenvalue weighted by atomic mass is 9.75. The predicted molar refractivity (Wildman–Crippen MR) is 81.8 cm³/mol. The summed E-state index contributed by atoms with van der Waals surface area (Å²) in [5, 5.41) is 4.80. The summed E-state index contributed by atoms with van der Waals surface area (Å²) in [7, 11) is 0. The van der Waals surface area contributed by atoms with Crippen molar-refractivity contribution in [2.24, 2.45) is 5.92 Å². The molecule has 0 spiro atoms. The summed E-state index contributed by atoms with van der Waals surface area (Å²) < 4.78 is 0. The zero-order valence-electron chi connectivity index (χ0n) is 11.7. The maximum Gasteiger partial charge on any atom is 0.0440 e. The quantitative estimate of drug-likeness (QED) is 0.840. The third-order valence-corrected chi connectivity index (χ3v) is 5.24. The Balaban J connectivity index is 1.49. The van der Waals surface area contributed by atoms with E-state index in [1.54, 1.807) is 0 Å². The van der Waals surface area contributed by atoms with Crippen molar-refractivity contribution in [3.05, 3.63) is 34.9 Å². The summed E-state index contributed by atoms with van der Waals surface area (Å²) in [6.45, 7) is 2.39. The molecule has 0 aromatic heterocycles. The molecule has 1 N–H and O–H groups in total. The number of nitrogens with one attached hydrogen (secondary N) is 1. The van der Waals surface area contributed by atoms with Crippen molar-refractivity contribution >= 4 is 11.6 Å². The molecule has 3 rings (SSSR count). The first-order valence-electron chi connectivity index (χ1n) is 7.73. The molecule has 1 aromatic carbocycles. The summed E-state index contributed by atoms with van der Waals surface area (Å²) in [5.74, 6) is 1.58. The topological polar surface area (TPSA) is 12.0 Å². The van der Waals surface area contributed by atoms with E-state index in [2.05, 4.69) is 24.4 Å². The van der Waals surface area contributed by atoms with E-state index in [4.69, 9.17) is 11.6 Å². The first-order chi connectivity index (χ1) is 9.22. The van der Waals surface area contributed by atoms with Gasteiger partial charge in [-0.25, -0.2) is 0 Å². The van der Waals surface area contributed by atoms with Crippen LogP contribution in [0.1, 0.15) is 56.9 Å². The number of halogens is 1. The Labute approximate surface area is 121 Å². The van der Waals surface area contributed by atoms with Crippen LogP contribution >= 0.6 is 11.6 Å². The molecule has 0 heterocycles. The van der Waals surface area contributed by atoms with Crippen molar-refractivity contribution in [1.29, 1.82) is 0 Å². The van der Waals surface area contributed by atoms with Gasteiger partial charge in [-0.05, 0) is 49.1 Å². The van der Waals surface area contributed by atoms with Crippen LogP contribution in [-0.2, 0) is 0 Å². The van der Waals surface area contributed by atoms with Gasteiger partial charge in [0.05, 0.1) is 0 Å². The van der Waals surface area contributed by atoms with Crippen molar-refractivity contribution in [3.63, 3.8) is 0 Å². The third kappa shape index (κ3) is 3.14. The molecule has 2 aliphatic carbocycles. The van der Waals surface area contributed by atoms with E-state index in [0.717, 1.165) is 23.0 Å². The van der Waals surface area contributed by atoms with Crippen LogP contribution in [0.15, 0.2) is 24.3 Å². The molecule has 2 aliphatic rings. The molecule has 2 unspecified atom stereocenters. The normalized spacial score (nSPS) is 34.8. The highest BCUT2D eigenvalue weighted by atomic mass is 35.5. The second kappa shape index (κ2) is 5.85. The van der Waals surface area contributed by atoms with Gasteiger partial charge >= 0.3 is 0 Å². The summed E-state index contributed by atoms with van der Waals surface area (Å²) in [5.41, 5.74) is 1.35. The lowest BCUT2D eigenvalue weighted by Gasteiger charge is -2.40. The van der Waals surface area contributed by atoms with Gasteiger partial charge in [0.2, 0.25) is 0 Å². The van der Waals surface area contributed by atoms with Crippen molar-refractivity contribution in [3.8, 4) is 0 Å². The van der Waals surface area contributed by atoms with Crippen LogP contribution < -0.4 is 5.32 Å². The Morgan fingerprint density at radius 3 is 2.58 bits per heavy atom. The minimum absolute atomic E-state index is 0.673. The summed E-state index contributed by atoms with van der Waals surface area (Å²) in [4.78, 5) is 0. The standard InChI is InChI=1S/C17H24ClN/c1-12-5-4-6-14(9-12)19-15-10-13(11-15)16-7-2-3-8-17(16)18/h2-3,7-8,12-15,19H,4-6,9-11H2,1H3. The zero-order valence-corrected chi connectivity index (χ0v) is 12.5. The molecule has 2 fully saturated rings. The number of rotatable bonds is 3. The van der Waals surface area contributed by atoms with Crippen molar-refractivity contribution in [1.82, 2.24) is 5.32 Å². The Bertz CT molecular complexity index is 425. The second-order valence-corrected chi connectivity index (χ2v) is 6.93. The van der Waals surface area contributed by atoms with Gasteiger partial charge in [-0.2, -0.15) is 0 Å². The van der Waals surface area contributed by atoms with Gasteiger partial charge in [0.1, 0.15) is 0 Å². The Kier molecular flexibility index (Phi) is 4.14. The molecule has 2 saturated carbocycles. The molecule has 0 aliphatic heterocycles. The van der Waals surface area contributed by atoms with E-state index in [9.17, 15) is 0 Å². The van der Waals surface area contributed by atoms with E-state index in [0.29, 0.717) is 5.92 Å². The van der Waals surface area contributed by atoms with Crippen LogP contribution in [0, 0.1) is 5.92 Å². The van der Waals surface area contributed by atoms with Gasteiger partial charge in [0, 0.05) is 17.1 Å². The number of hydrogen-bond acceptors (Lipinski definition) is 1. The van der Waals surface area contributed by atoms with Gasteiger partial charge in [0.25, 0.3) is 0 Å². The lowest BCUT2D eigenvalue weighted by Crippen LogP contribution is -2.47. The van der Waals surface area contributed by atoms with E-state index in [1.165, 1.54) is 44.1 Å². The highest BCUT2D eigenvalue weighted by molar-refractivity contribution is 6.31. The van der Waals surface area contributed by atoms with Crippen molar-refractivity contribution in [2.75, 3.05) is 0 Å². The molecule has 104 valence electrons. The van der Waals surface area contributed by atoms with Crippen LogP contribution in [0.4, 0.5) is 0 Å². The van der Waals surface area contributed by atoms with Gasteiger partial charge in [-0.1, -0.05) is 49.6 Å². The fraction of sp³-hybridized carbons (Fsp3) is 0.647. The minimum atomic E-state index is 0.673. The molecule has 1 aromatic rings. The van der Waals surface area contributed by atoms with Crippen molar-refractivity contribution in [2.45, 2.75) is 63.5 Å². The van der Waals surface area contributed by atoms with Crippen LogP contribution in [0.2, 0.25) is 5.02 Å². The summed E-state index contributed by atoms with van der Waals surface area (Å²) in [6.07, 6.45) is 8.08. The minimum Gasteiger partial charge on any atom is -0.311 e. The van der Waals surface area contributed by atoms with Gasteiger partial charge in [-0.3, -0.25) is 0 Å². The monoisotopic (exact) mass is 277 g/mol. The molecule has 0 bridgehead atoms. The summed E-state index contributed by atoms with van der Waals surface area (Å²) in [6, 6.07) is 9.80. The molecule has 19 heavy (non-hydrogen) atoms. The van der Waals surface area contributed by atoms with Crippen LogP contribution in [0.25, 0.3) is 0 Å². The lowest BCUT2D eigenvalue weighted by molar-refractivity contribution is 0.217. The molecule has 0 amide bonds. The van der Waals surface area contributed by atoms with Crippen molar-refractivity contribution < 1.29 is 0 Å². The first-order valence-corrected chi connectivity index (χ1v) is 8.10. The highest BCUT2D eigenvalue weighted by Crippen LogP contribution is 2.40. The molecule has 2 heteroatoms. The van der Waals surface area contributed by atoms with E-state index in [1.807, 2.05) is 12.1 Å². The molecular formula is C17H24ClN. The van der Waals surface area contributed by atoms with Crippen LogP contribution in [-0.4, -0.2) is 12.1 Å². The zero-order chi connectivity index (χ0) is 13.2. The SMILES string of the molecule is CC1CCCC(NC2CC(c3ccccc3Cl)C2)C1. The average molecular weight is 278 g/mol. The number of hydrogen-bond donors (Lipinski definition) is 1. The van der Waals surface area contributed by atoms with E-state index in [-0.39, 0.29) is 0 Å². The molecule has 0 radical (unpaired) electrons. The largest absolute Gasteiger partial charge is 0.311 e. The molecule has 1 nitrogen and oxygen atoms in total. The fourth-order valence-electron chi connectivity index (χ4n) is 3.73. The Morgan fingerprint density at radius 2 is 1.84 bits per heavy atom. The highest BCUT2D eigenvalue weighted by Gasteiger charge is 2.33. The van der Waals surface area contributed by atoms with E-state index < -0.39 is 0 Å². The first kappa shape index (κ1) is 13.5. The maximum atomic E-state index is 6.27. The summed E-state index contributed by atoms with van der Waals surface area (Å²) >= 11 is 6.27. The van der Waals surface area contributed by atoms with Crippen LogP contribution in [0.3, 0.4) is 0 Å². The smallest absolute Gasteiger partial charge is 0.0440 e. The second-order valence-electron chi connectivity index (χ2n) is 6.52. The molecular weight excluding hydrogens is 254 g/mol. The van der Waals surface area contributed by atoms with Gasteiger partial charge < -0.3 is 5.32 Å². The van der Waals surface area contributed by atoms with Gasteiger partial charge in [0.15, 0.2) is 0 Å². The molecule has 2 atom stereocenters. The third-order valence-electron chi connectivity index (χ3n) is 4.89. The average Bonchev–Trinajstić information content (AvgIpc) is 2.35. The number of benzene rings is 1. The fourth-order valence-corrected chi connectivity index (χ4v) is 4.02. The van der Waals surface area contributed by atoms with E-state index >= 15 is 0 Å². The Morgan fingerprint density at radius 1 is 1.05 bits per heavy atom.